The maximum absolute atomic E-state index is 7.22. The van der Waals surface area contributed by atoms with Crippen molar-refractivity contribution in [2.24, 2.45) is 0 Å². The molecular weight excluding hydrogens is 372 g/mol. The predicted octanol–water partition coefficient (Wildman–Crippen LogP) is 5.53. The molecule has 9 heteroatoms. The Morgan fingerprint density at radius 3 is 1.76 bits per heavy atom. The molecule has 1 saturated heterocycles. The number of halogens is 2. The first-order valence-electron chi connectivity index (χ1n) is 7.06. The highest BCUT2D eigenvalue weighted by Crippen LogP contribution is 2.68. The zero-order valence-electron chi connectivity index (χ0n) is 13.5. The van der Waals surface area contributed by atoms with Gasteiger partial charge in [-0.3, -0.25) is 8.00 Å². The van der Waals surface area contributed by atoms with Gasteiger partial charge in [-0.15, -0.1) is 11.1 Å². The Kier molecular flexibility index (Phi) is 5.05. The molecule has 21 heavy (non-hydrogen) atoms. The molecular formula is C12H24Cl2N3PSi3. The number of benzene rings is 1. The zero-order chi connectivity index (χ0) is 16.1. The Bertz CT molecular complexity index is 485. The van der Waals surface area contributed by atoms with Crippen LogP contribution in [-0.2, 0) is 0 Å². The zero-order valence-corrected chi connectivity index (χ0v) is 18.9. The molecule has 0 aromatic heterocycles. The second-order valence-corrected chi connectivity index (χ2v) is 25.3. The summed E-state index contributed by atoms with van der Waals surface area (Å²) >= 11 is 14.0. The third-order valence-corrected chi connectivity index (χ3v) is 27.0. The van der Waals surface area contributed by atoms with Crippen molar-refractivity contribution in [2.45, 2.75) is 39.3 Å². The molecule has 0 amide bonds. The molecule has 0 saturated carbocycles. The summed E-state index contributed by atoms with van der Waals surface area (Å²) in [5.74, 6) is 0. The van der Waals surface area contributed by atoms with Gasteiger partial charge >= 0.3 is 7.87 Å². The Labute approximate surface area is 142 Å². The van der Waals surface area contributed by atoms with Crippen molar-refractivity contribution in [1.82, 2.24) is 8.00 Å². The summed E-state index contributed by atoms with van der Waals surface area (Å²) in [5.41, 5.74) is 1.09. The van der Waals surface area contributed by atoms with Crippen molar-refractivity contribution in [3.63, 3.8) is 0 Å². The third-order valence-electron chi connectivity index (χ3n) is 3.24. The summed E-state index contributed by atoms with van der Waals surface area (Å²) in [6.45, 7) is 13.9. The number of anilines is 1. The highest BCUT2D eigenvalue weighted by Gasteiger charge is 2.68. The number of hydrogen-bond donors (Lipinski definition) is 1. The Hall–Kier alpha value is 0.601. The van der Waals surface area contributed by atoms with Gasteiger partial charge in [0.2, 0.25) is 0 Å². The molecule has 1 fully saturated rings. The van der Waals surface area contributed by atoms with Gasteiger partial charge in [0, 0.05) is 5.69 Å². The number of para-hydroxylation sites is 1. The Morgan fingerprint density at radius 1 is 0.952 bits per heavy atom. The standard InChI is InChI=1S/C12H24Cl2N3PSi3/c1-19(2,3)16-18(13)17(20(4,5)6)21(16,14)15-12-10-8-7-9-11-12/h7-11,15H,1-6H3. The number of hydrogen-bond acceptors (Lipinski definition) is 3. The lowest BCUT2D eigenvalue weighted by Gasteiger charge is -2.65. The van der Waals surface area contributed by atoms with Crippen LogP contribution in [0.2, 0.25) is 39.3 Å². The van der Waals surface area contributed by atoms with E-state index in [0.717, 1.165) is 5.69 Å². The van der Waals surface area contributed by atoms with E-state index in [0.29, 0.717) is 0 Å². The fourth-order valence-electron chi connectivity index (χ4n) is 2.56. The lowest BCUT2D eigenvalue weighted by atomic mass is 10.3. The first kappa shape index (κ1) is 17.9. The van der Waals surface area contributed by atoms with Crippen LogP contribution in [-0.4, -0.2) is 32.3 Å². The lowest BCUT2D eigenvalue weighted by molar-refractivity contribution is 0.750. The summed E-state index contributed by atoms with van der Waals surface area (Å²) in [6.07, 6.45) is 0. The van der Waals surface area contributed by atoms with Crippen LogP contribution >= 0.6 is 29.9 Å². The van der Waals surface area contributed by atoms with E-state index in [1.165, 1.54) is 0 Å². The van der Waals surface area contributed by atoms with Gasteiger partial charge in [0.25, 0.3) is 0 Å². The molecule has 3 nitrogen and oxygen atoms in total. The average molecular weight is 396 g/mol. The molecule has 0 aliphatic carbocycles. The molecule has 1 N–H and O–H groups in total. The molecule has 1 aromatic rings. The SMILES string of the molecule is C[Si](C)(C)N1P(Cl)N([Si](C)(C)C)[Si]1(Cl)Nc1ccccc1. The Balaban J connectivity index is 2.38. The smallest absolute Gasteiger partial charge is 0.375 e. The van der Waals surface area contributed by atoms with E-state index < -0.39 is 31.9 Å². The van der Waals surface area contributed by atoms with Crippen molar-refractivity contribution < 1.29 is 0 Å². The van der Waals surface area contributed by atoms with Crippen LogP contribution < -0.4 is 4.98 Å². The number of nitrogens with one attached hydrogen (secondary N) is 1. The summed E-state index contributed by atoms with van der Waals surface area (Å²) in [4.78, 5) is 3.66. The second-order valence-electron chi connectivity index (χ2n) is 7.28. The fourth-order valence-corrected chi connectivity index (χ4v) is 33.3. The van der Waals surface area contributed by atoms with Gasteiger partial charge in [-0.05, 0) is 12.1 Å². The van der Waals surface area contributed by atoms with E-state index in [-0.39, 0.29) is 0 Å². The number of rotatable bonds is 4. The minimum Gasteiger partial charge on any atom is -0.375 e. The van der Waals surface area contributed by atoms with Crippen LogP contribution in [0.1, 0.15) is 0 Å². The molecule has 2 rings (SSSR count). The van der Waals surface area contributed by atoms with E-state index >= 15 is 0 Å². The average Bonchev–Trinajstić information content (AvgIpc) is 2.24. The molecule has 118 valence electrons. The van der Waals surface area contributed by atoms with E-state index in [2.05, 4.69) is 64.4 Å². The molecule has 0 atom stereocenters. The van der Waals surface area contributed by atoms with E-state index in [1.54, 1.807) is 0 Å². The van der Waals surface area contributed by atoms with Gasteiger partial charge in [-0.1, -0.05) is 68.7 Å². The predicted molar refractivity (Wildman–Crippen MR) is 105 cm³/mol. The molecule has 0 bridgehead atoms. The van der Waals surface area contributed by atoms with Crippen molar-refractivity contribution in [2.75, 3.05) is 4.98 Å². The van der Waals surface area contributed by atoms with Gasteiger partial charge in [0.15, 0.2) is 0 Å². The van der Waals surface area contributed by atoms with Gasteiger partial charge in [-0.25, -0.2) is 0 Å². The molecule has 0 spiro atoms. The third kappa shape index (κ3) is 3.43. The molecule has 1 aromatic carbocycles. The Morgan fingerprint density at radius 2 is 1.38 bits per heavy atom. The van der Waals surface area contributed by atoms with Gasteiger partial charge < -0.3 is 4.98 Å². The second kappa shape index (κ2) is 5.91. The highest BCUT2D eigenvalue weighted by atomic mass is 35.7. The highest BCUT2D eigenvalue weighted by molar-refractivity contribution is 7.91. The van der Waals surface area contributed by atoms with E-state index in [9.17, 15) is 0 Å². The van der Waals surface area contributed by atoms with Crippen molar-refractivity contribution in [3.8, 4) is 0 Å². The monoisotopic (exact) mass is 395 g/mol. The minimum absolute atomic E-state index is 0.775. The maximum atomic E-state index is 7.22. The number of nitrogens with zero attached hydrogens (tertiary/aromatic N) is 2. The van der Waals surface area contributed by atoms with Crippen LogP contribution in [0.25, 0.3) is 0 Å². The normalized spacial score (nSPS) is 28.3. The minimum atomic E-state index is -2.42. The summed E-state index contributed by atoms with van der Waals surface area (Å²) in [6, 6.07) is 10.3. The first-order chi connectivity index (χ1) is 9.48. The van der Waals surface area contributed by atoms with E-state index in [1.807, 2.05) is 18.2 Å². The largest absolute Gasteiger partial charge is 0.418 e. The summed E-state index contributed by atoms with van der Waals surface area (Å²) in [7, 11) is -6.33. The quantitative estimate of drug-likeness (QED) is 0.410. The summed E-state index contributed by atoms with van der Waals surface area (Å²) < 4.78 is 4.92. The molecule has 1 heterocycles. The van der Waals surface area contributed by atoms with E-state index in [4.69, 9.17) is 22.3 Å². The van der Waals surface area contributed by atoms with Crippen molar-refractivity contribution in [3.05, 3.63) is 30.3 Å². The van der Waals surface area contributed by atoms with Crippen LogP contribution in [0.5, 0.6) is 0 Å². The van der Waals surface area contributed by atoms with Crippen LogP contribution in [0.3, 0.4) is 0 Å². The molecule has 1 aliphatic rings. The fraction of sp³-hybridized carbons (Fsp3) is 0.500. The van der Waals surface area contributed by atoms with Crippen LogP contribution in [0, 0.1) is 0 Å². The summed E-state index contributed by atoms with van der Waals surface area (Å²) in [5, 5.41) is 0. The topological polar surface area (TPSA) is 18.5 Å². The molecule has 1 aliphatic heterocycles. The first-order valence-corrected chi connectivity index (χ1v) is 19.0. The maximum Gasteiger partial charge on any atom is 0.418 e. The van der Waals surface area contributed by atoms with Gasteiger partial charge in [-0.2, -0.15) is 0 Å². The van der Waals surface area contributed by atoms with Crippen molar-refractivity contribution in [1.29, 1.82) is 0 Å². The molecule has 0 unspecified atom stereocenters. The van der Waals surface area contributed by atoms with Crippen molar-refractivity contribution >= 4 is 59.9 Å². The van der Waals surface area contributed by atoms with Crippen LogP contribution in [0.15, 0.2) is 30.3 Å². The van der Waals surface area contributed by atoms with Gasteiger partial charge in [0.1, 0.15) is 24.0 Å². The lowest BCUT2D eigenvalue weighted by Crippen LogP contribution is -2.82. The van der Waals surface area contributed by atoms with Gasteiger partial charge in [0.05, 0.1) is 0 Å². The molecule has 0 radical (unpaired) electrons. The van der Waals surface area contributed by atoms with Crippen LogP contribution in [0.4, 0.5) is 5.69 Å².